The van der Waals surface area contributed by atoms with Crippen LogP contribution in [0.3, 0.4) is 0 Å². The van der Waals surface area contributed by atoms with E-state index >= 15 is 0 Å². The van der Waals surface area contributed by atoms with Gasteiger partial charge in [-0.25, -0.2) is 9.40 Å². The van der Waals surface area contributed by atoms with Crippen molar-refractivity contribution < 1.29 is 13.9 Å². The largest absolute Gasteiger partial charge is 0.379 e. The number of carbonyl (C=O) groups is 1. The maximum atomic E-state index is 13.7. The Hall–Kier alpha value is -2.57. The Morgan fingerprint density at radius 1 is 1.18 bits per heavy atom. The first-order valence-corrected chi connectivity index (χ1v) is 9.62. The fraction of sp³-hybridized carbons (Fsp3) is 0.364. The molecule has 4 rings (SSSR count). The summed E-state index contributed by atoms with van der Waals surface area (Å²) in [6.07, 6.45) is 0.571. The maximum Gasteiger partial charge on any atom is 0.257 e. The summed E-state index contributed by atoms with van der Waals surface area (Å²) in [5, 5.41) is 6.20. The number of hydrazone groups is 1. The minimum absolute atomic E-state index is 0.0427. The third kappa shape index (κ3) is 4.13. The topological polar surface area (TPSA) is 45.1 Å². The van der Waals surface area contributed by atoms with E-state index in [0.29, 0.717) is 26.2 Å². The minimum atomic E-state index is -0.301. The molecule has 5 nitrogen and oxygen atoms in total. The molecule has 0 spiro atoms. The van der Waals surface area contributed by atoms with Crippen LogP contribution < -0.4 is 0 Å². The number of halogens is 1. The van der Waals surface area contributed by atoms with Crippen molar-refractivity contribution in [3.63, 3.8) is 0 Å². The zero-order chi connectivity index (χ0) is 19.5. The van der Waals surface area contributed by atoms with Crippen LogP contribution in [0.25, 0.3) is 0 Å². The zero-order valence-corrected chi connectivity index (χ0v) is 16.0. The number of benzene rings is 2. The Morgan fingerprint density at radius 3 is 2.64 bits per heavy atom. The van der Waals surface area contributed by atoms with Crippen LogP contribution in [0, 0.1) is 12.7 Å². The number of hydrogen-bond acceptors (Lipinski definition) is 4. The molecule has 0 bridgehead atoms. The second kappa shape index (κ2) is 8.20. The highest BCUT2D eigenvalue weighted by Gasteiger charge is 2.33. The van der Waals surface area contributed by atoms with Gasteiger partial charge in [0, 0.05) is 25.1 Å². The SMILES string of the molecule is Cc1ccc([C@H]2CC(c3cccc(F)c3)=NN2C(=O)CN2CCOCC2)cc1. The van der Waals surface area contributed by atoms with E-state index in [2.05, 4.69) is 10.0 Å². The summed E-state index contributed by atoms with van der Waals surface area (Å²) in [5.74, 6) is -0.343. The molecule has 0 aliphatic carbocycles. The molecule has 0 saturated carbocycles. The van der Waals surface area contributed by atoms with E-state index in [0.717, 1.165) is 29.9 Å². The Labute approximate surface area is 164 Å². The highest BCUT2D eigenvalue weighted by atomic mass is 19.1. The van der Waals surface area contributed by atoms with Crippen LogP contribution in [-0.2, 0) is 9.53 Å². The van der Waals surface area contributed by atoms with Gasteiger partial charge in [0.2, 0.25) is 0 Å². The van der Waals surface area contributed by atoms with Crippen LogP contribution in [-0.4, -0.2) is 54.4 Å². The van der Waals surface area contributed by atoms with Gasteiger partial charge in [-0.3, -0.25) is 9.69 Å². The molecule has 0 aromatic heterocycles. The Morgan fingerprint density at radius 2 is 1.93 bits per heavy atom. The zero-order valence-electron chi connectivity index (χ0n) is 16.0. The molecule has 28 heavy (non-hydrogen) atoms. The number of ether oxygens (including phenoxy) is 1. The number of hydrogen-bond donors (Lipinski definition) is 0. The Balaban J connectivity index is 1.60. The molecule has 2 aliphatic heterocycles. The standard InChI is InChI=1S/C22H24FN3O2/c1-16-5-7-17(8-6-16)21-14-20(18-3-2-4-19(23)13-18)24-26(21)22(27)15-25-9-11-28-12-10-25/h2-8,13,21H,9-12,14-15H2,1H3/t21-/m1/s1. The van der Waals surface area contributed by atoms with E-state index in [1.165, 1.54) is 17.7 Å². The first-order valence-electron chi connectivity index (χ1n) is 9.62. The summed E-state index contributed by atoms with van der Waals surface area (Å²) >= 11 is 0. The van der Waals surface area contributed by atoms with Gasteiger partial charge < -0.3 is 4.74 Å². The predicted octanol–water partition coefficient (Wildman–Crippen LogP) is 3.14. The van der Waals surface area contributed by atoms with Gasteiger partial charge in [0.05, 0.1) is 31.5 Å². The molecule has 2 aliphatic rings. The maximum absolute atomic E-state index is 13.7. The van der Waals surface area contributed by atoms with Crippen molar-refractivity contribution in [1.82, 2.24) is 9.91 Å². The molecule has 1 saturated heterocycles. The summed E-state index contributed by atoms with van der Waals surface area (Å²) in [7, 11) is 0. The van der Waals surface area contributed by atoms with Crippen molar-refractivity contribution in [2.24, 2.45) is 5.10 Å². The van der Waals surface area contributed by atoms with Crippen molar-refractivity contribution in [2.45, 2.75) is 19.4 Å². The van der Waals surface area contributed by atoms with Gasteiger partial charge in [0.15, 0.2) is 0 Å². The number of amides is 1. The number of rotatable bonds is 4. The van der Waals surface area contributed by atoms with Gasteiger partial charge in [0.1, 0.15) is 5.82 Å². The summed E-state index contributed by atoms with van der Waals surface area (Å²) in [6, 6.07) is 14.4. The van der Waals surface area contributed by atoms with Gasteiger partial charge in [-0.15, -0.1) is 0 Å². The Kier molecular flexibility index (Phi) is 5.50. The first kappa shape index (κ1) is 18.8. The number of nitrogens with zero attached hydrogens (tertiary/aromatic N) is 3. The van der Waals surface area contributed by atoms with E-state index in [1.807, 2.05) is 37.3 Å². The summed E-state index contributed by atoms with van der Waals surface area (Å²) < 4.78 is 19.1. The lowest BCUT2D eigenvalue weighted by Crippen LogP contribution is -2.43. The molecule has 0 radical (unpaired) electrons. The van der Waals surface area contributed by atoms with Crippen LogP contribution in [0.5, 0.6) is 0 Å². The Bertz CT molecular complexity index is 876. The van der Waals surface area contributed by atoms with E-state index in [4.69, 9.17) is 4.74 Å². The smallest absolute Gasteiger partial charge is 0.257 e. The monoisotopic (exact) mass is 381 g/mol. The molecule has 1 atom stereocenters. The molecule has 6 heteroatoms. The van der Waals surface area contributed by atoms with Crippen molar-refractivity contribution in [1.29, 1.82) is 0 Å². The van der Waals surface area contributed by atoms with Gasteiger partial charge in [-0.05, 0) is 24.6 Å². The van der Waals surface area contributed by atoms with E-state index in [9.17, 15) is 9.18 Å². The third-order valence-electron chi connectivity index (χ3n) is 5.25. The van der Waals surface area contributed by atoms with Gasteiger partial charge >= 0.3 is 0 Å². The highest BCUT2D eigenvalue weighted by Crippen LogP contribution is 2.33. The number of carbonyl (C=O) groups excluding carboxylic acids is 1. The van der Waals surface area contributed by atoms with Crippen molar-refractivity contribution in [3.8, 4) is 0 Å². The summed E-state index contributed by atoms with van der Waals surface area (Å²) in [4.78, 5) is 15.2. The lowest BCUT2D eigenvalue weighted by atomic mass is 9.97. The average molecular weight is 381 g/mol. The molecular formula is C22H24FN3O2. The molecule has 1 fully saturated rings. The summed E-state index contributed by atoms with van der Waals surface area (Å²) in [6.45, 7) is 5.13. The molecular weight excluding hydrogens is 357 g/mol. The van der Waals surface area contributed by atoms with Gasteiger partial charge in [-0.1, -0.05) is 42.0 Å². The molecule has 0 unspecified atom stereocenters. The molecule has 1 amide bonds. The number of morpholine rings is 1. The quantitative estimate of drug-likeness (QED) is 0.817. The fourth-order valence-corrected chi connectivity index (χ4v) is 3.65. The van der Waals surface area contributed by atoms with Crippen LogP contribution >= 0.6 is 0 Å². The molecule has 2 aromatic rings. The molecule has 0 N–H and O–H groups in total. The van der Waals surface area contributed by atoms with Gasteiger partial charge in [-0.2, -0.15) is 5.10 Å². The van der Waals surface area contributed by atoms with Crippen LogP contribution in [0.1, 0.15) is 29.2 Å². The predicted molar refractivity (Wildman–Crippen MR) is 106 cm³/mol. The minimum Gasteiger partial charge on any atom is -0.379 e. The van der Waals surface area contributed by atoms with Crippen LogP contribution in [0.2, 0.25) is 0 Å². The first-order chi connectivity index (χ1) is 13.6. The molecule has 146 valence electrons. The fourth-order valence-electron chi connectivity index (χ4n) is 3.65. The van der Waals surface area contributed by atoms with Crippen molar-refractivity contribution in [3.05, 3.63) is 71.0 Å². The van der Waals surface area contributed by atoms with Crippen LogP contribution in [0.4, 0.5) is 4.39 Å². The second-order valence-electron chi connectivity index (χ2n) is 7.31. The molecule has 2 aromatic carbocycles. The average Bonchev–Trinajstić information content (AvgIpc) is 3.15. The lowest BCUT2D eigenvalue weighted by molar-refractivity contribution is -0.135. The van der Waals surface area contributed by atoms with E-state index < -0.39 is 0 Å². The lowest BCUT2D eigenvalue weighted by Gasteiger charge is -2.29. The number of aryl methyl sites for hydroxylation is 1. The van der Waals surface area contributed by atoms with Crippen LogP contribution in [0.15, 0.2) is 53.6 Å². The third-order valence-corrected chi connectivity index (χ3v) is 5.25. The van der Waals surface area contributed by atoms with E-state index in [1.54, 1.807) is 11.1 Å². The summed E-state index contributed by atoms with van der Waals surface area (Å²) in [5.41, 5.74) is 3.66. The van der Waals surface area contributed by atoms with Crippen molar-refractivity contribution >= 4 is 11.6 Å². The molecule has 2 heterocycles. The normalized spacial score (nSPS) is 20.3. The van der Waals surface area contributed by atoms with Gasteiger partial charge in [0.25, 0.3) is 5.91 Å². The second-order valence-corrected chi connectivity index (χ2v) is 7.31. The van der Waals surface area contributed by atoms with E-state index in [-0.39, 0.29) is 17.8 Å². The van der Waals surface area contributed by atoms with Crippen molar-refractivity contribution in [2.75, 3.05) is 32.8 Å². The highest BCUT2D eigenvalue weighted by molar-refractivity contribution is 6.03.